The normalized spacial score (nSPS) is 30.8. The first-order valence-electron chi connectivity index (χ1n) is 7.38. The van der Waals surface area contributed by atoms with Crippen molar-refractivity contribution < 1.29 is 8.42 Å². The summed E-state index contributed by atoms with van der Waals surface area (Å²) in [5.74, 6) is 0. The van der Waals surface area contributed by atoms with E-state index in [1.165, 1.54) is 31.9 Å². The molecule has 2 heterocycles. The van der Waals surface area contributed by atoms with E-state index in [1.54, 1.807) is 4.31 Å². The van der Waals surface area contributed by atoms with Crippen LogP contribution >= 0.6 is 0 Å². The van der Waals surface area contributed by atoms with Crippen LogP contribution in [0.1, 0.15) is 32.6 Å². The molecule has 0 saturated carbocycles. The van der Waals surface area contributed by atoms with Gasteiger partial charge in [0.2, 0.25) is 10.0 Å². The lowest BCUT2D eigenvalue weighted by molar-refractivity contribution is 0.138. The Morgan fingerprint density at radius 3 is 2.37 bits per heavy atom. The topological polar surface area (TPSA) is 52.7 Å². The molecular formula is C13H27N3O2S. The summed E-state index contributed by atoms with van der Waals surface area (Å²) in [6, 6.07) is 0. The van der Waals surface area contributed by atoms with E-state index in [-0.39, 0.29) is 5.54 Å². The van der Waals surface area contributed by atoms with Crippen LogP contribution in [0.5, 0.6) is 0 Å². The third-order valence-corrected chi connectivity index (χ3v) is 5.69. The first kappa shape index (κ1) is 15.2. The molecule has 1 unspecified atom stereocenters. The lowest BCUT2D eigenvalue weighted by Crippen LogP contribution is -2.55. The van der Waals surface area contributed by atoms with Crippen molar-refractivity contribution in [2.24, 2.45) is 0 Å². The summed E-state index contributed by atoms with van der Waals surface area (Å²) >= 11 is 0. The van der Waals surface area contributed by atoms with Crippen molar-refractivity contribution in [2.45, 2.75) is 38.1 Å². The molecular weight excluding hydrogens is 262 g/mol. The van der Waals surface area contributed by atoms with Crippen LogP contribution in [0.2, 0.25) is 0 Å². The lowest BCUT2D eigenvalue weighted by atomic mass is 9.91. The molecule has 5 nitrogen and oxygen atoms in total. The van der Waals surface area contributed by atoms with Crippen molar-refractivity contribution in [2.75, 3.05) is 45.5 Å². The lowest BCUT2D eigenvalue weighted by Gasteiger charge is -2.39. The van der Waals surface area contributed by atoms with E-state index in [9.17, 15) is 8.42 Å². The van der Waals surface area contributed by atoms with E-state index in [4.69, 9.17) is 0 Å². The van der Waals surface area contributed by atoms with E-state index in [2.05, 4.69) is 17.1 Å². The molecule has 19 heavy (non-hydrogen) atoms. The SMILES string of the molecule is CCCC1(CN2CCN(S(C)(=O)=O)CC2)CCCN1. The van der Waals surface area contributed by atoms with E-state index in [0.717, 1.165) is 26.2 Å². The van der Waals surface area contributed by atoms with Crippen LogP contribution in [-0.2, 0) is 10.0 Å². The highest BCUT2D eigenvalue weighted by atomic mass is 32.2. The fourth-order valence-corrected chi connectivity index (χ4v) is 4.25. The zero-order valence-electron chi connectivity index (χ0n) is 12.2. The van der Waals surface area contributed by atoms with Crippen molar-refractivity contribution >= 4 is 10.0 Å². The number of nitrogens with zero attached hydrogens (tertiary/aromatic N) is 2. The van der Waals surface area contributed by atoms with Gasteiger partial charge in [-0.3, -0.25) is 4.90 Å². The quantitative estimate of drug-likeness (QED) is 0.800. The Morgan fingerprint density at radius 1 is 1.21 bits per heavy atom. The molecule has 2 aliphatic rings. The van der Waals surface area contributed by atoms with Gasteiger partial charge in [-0.15, -0.1) is 0 Å². The molecule has 1 N–H and O–H groups in total. The summed E-state index contributed by atoms with van der Waals surface area (Å²) in [6.07, 6.45) is 6.26. The molecule has 112 valence electrons. The van der Waals surface area contributed by atoms with Gasteiger partial charge in [-0.25, -0.2) is 8.42 Å². The summed E-state index contributed by atoms with van der Waals surface area (Å²) in [6.45, 7) is 7.44. The van der Waals surface area contributed by atoms with Crippen LogP contribution in [0.25, 0.3) is 0 Å². The molecule has 2 rings (SSSR count). The number of hydrogen-bond donors (Lipinski definition) is 1. The highest BCUT2D eigenvalue weighted by molar-refractivity contribution is 7.88. The number of hydrogen-bond acceptors (Lipinski definition) is 4. The highest BCUT2D eigenvalue weighted by Crippen LogP contribution is 2.26. The first-order valence-corrected chi connectivity index (χ1v) is 9.22. The molecule has 0 radical (unpaired) electrons. The number of rotatable bonds is 5. The third-order valence-electron chi connectivity index (χ3n) is 4.39. The van der Waals surface area contributed by atoms with Gasteiger partial charge in [-0.2, -0.15) is 4.31 Å². The average molecular weight is 289 g/mol. The zero-order chi connectivity index (χ0) is 13.9. The molecule has 2 saturated heterocycles. The average Bonchev–Trinajstić information content (AvgIpc) is 2.77. The van der Waals surface area contributed by atoms with Crippen LogP contribution in [0.3, 0.4) is 0 Å². The fraction of sp³-hybridized carbons (Fsp3) is 1.00. The Morgan fingerprint density at radius 2 is 1.89 bits per heavy atom. The van der Waals surface area contributed by atoms with Gasteiger partial charge in [0.15, 0.2) is 0 Å². The second-order valence-corrected chi connectivity index (χ2v) is 7.98. The number of nitrogens with one attached hydrogen (secondary N) is 1. The van der Waals surface area contributed by atoms with Crippen LogP contribution in [-0.4, -0.2) is 68.7 Å². The molecule has 0 aliphatic carbocycles. The Kier molecular flexibility index (Phi) is 4.87. The summed E-state index contributed by atoms with van der Waals surface area (Å²) in [7, 11) is -3.01. The van der Waals surface area contributed by atoms with Crippen molar-refractivity contribution in [1.29, 1.82) is 0 Å². The molecule has 1 atom stereocenters. The monoisotopic (exact) mass is 289 g/mol. The van der Waals surface area contributed by atoms with Crippen LogP contribution in [0.4, 0.5) is 0 Å². The number of sulfonamides is 1. The Hall–Kier alpha value is -0.170. The minimum Gasteiger partial charge on any atom is -0.310 e. The Labute approximate surface area is 117 Å². The smallest absolute Gasteiger partial charge is 0.211 e. The minimum absolute atomic E-state index is 0.280. The molecule has 6 heteroatoms. The zero-order valence-corrected chi connectivity index (χ0v) is 13.0. The maximum Gasteiger partial charge on any atom is 0.211 e. The van der Waals surface area contributed by atoms with Crippen molar-refractivity contribution in [1.82, 2.24) is 14.5 Å². The third kappa shape index (κ3) is 3.90. The van der Waals surface area contributed by atoms with Crippen LogP contribution in [0.15, 0.2) is 0 Å². The van der Waals surface area contributed by atoms with Gasteiger partial charge in [0.05, 0.1) is 6.26 Å². The van der Waals surface area contributed by atoms with Crippen molar-refractivity contribution in [3.05, 3.63) is 0 Å². The van der Waals surface area contributed by atoms with Gasteiger partial charge in [0, 0.05) is 38.3 Å². The van der Waals surface area contributed by atoms with Crippen molar-refractivity contribution in [3.8, 4) is 0 Å². The second-order valence-electron chi connectivity index (χ2n) is 6.00. The molecule has 0 bridgehead atoms. The minimum atomic E-state index is -3.01. The second kappa shape index (κ2) is 6.08. The van der Waals surface area contributed by atoms with Gasteiger partial charge in [-0.05, 0) is 25.8 Å². The summed E-state index contributed by atoms with van der Waals surface area (Å²) in [4.78, 5) is 2.43. The molecule has 2 aliphatic heterocycles. The Balaban J connectivity index is 1.88. The van der Waals surface area contributed by atoms with Crippen molar-refractivity contribution in [3.63, 3.8) is 0 Å². The molecule has 0 aromatic rings. The van der Waals surface area contributed by atoms with E-state index in [0.29, 0.717) is 13.1 Å². The predicted molar refractivity (Wildman–Crippen MR) is 77.7 cm³/mol. The van der Waals surface area contributed by atoms with Gasteiger partial charge in [0.25, 0.3) is 0 Å². The van der Waals surface area contributed by atoms with Gasteiger partial charge < -0.3 is 5.32 Å². The van der Waals surface area contributed by atoms with E-state index in [1.807, 2.05) is 0 Å². The van der Waals surface area contributed by atoms with E-state index < -0.39 is 10.0 Å². The van der Waals surface area contributed by atoms with Gasteiger partial charge >= 0.3 is 0 Å². The summed E-state index contributed by atoms with van der Waals surface area (Å²) < 4.78 is 24.6. The van der Waals surface area contributed by atoms with Gasteiger partial charge in [0.1, 0.15) is 0 Å². The van der Waals surface area contributed by atoms with E-state index >= 15 is 0 Å². The molecule has 0 amide bonds. The maximum absolute atomic E-state index is 11.5. The summed E-state index contributed by atoms with van der Waals surface area (Å²) in [5, 5.41) is 3.69. The maximum atomic E-state index is 11.5. The van der Waals surface area contributed by atoms with Gasteiger partial charge in [-0.1, -0.05) is 13.3 Å². The number of piperazine rings is 1. The summed E-state index contributed by atoms with van der Waals surface area (Å²) in [5.41, 5.74) is 0.280. The fourth-order valence-electron chi connectivity index (χ4n) is 3.42. The molecule has 0 spiro atoms. The predicted octanol–water partition coefficient (Wildman–Crippen LogP) is 0.486. The Bertz CT molecular complexity index is 383. The highest BCUT2D eigenvalue weighted by Gasteiger charge is 2.35. The first-order chi connectivity index (χ1) is 8.95. The molecule has 0 aromatic carbocycles. The van der Waals surface area contributed by atoms with Crippen LogP contribution < -0.4 is 5.32 Å². The molecule has 0 aromatic heterocycles. The van der Waals surface area contributed by atoms with Crippen LogP contribution in [0, 0.1) is 0 Å². The standard InChI is InChI=1S/C13H27N3O2S/c1-3-5-13(6-4-7-14-13)12-15-8-10-16(11-9-15)19(2,17)18/h14H,3-12H2,1-2H3. The largest absolute Gasteiger partial charge is 0.310 e. The molecule has 2 fully saturated rings.